The number of fused-ring (bicyclic) bond motifs is 1. The minimum atomic E-state index is -0.849. The molecule has 0 saturated heterocycles. The van der Waals surface area contributed by atoms with Gasteiger partial charge in [-0.05, 0) is 26.0 Å². The van der Waals surface area contributed by atoms with Gasteiger partial charge in [-0.25, -0.2) is 0 Å². The molecule has 1 N–H and O–H groups in total. The lowest BCUT2D eigenvalue weighted by Gasteiger charge is -2.32. The first-order valence-corrected chi connectivity index (χ1v) is 9.17. The lowest BCUT2D eigenvalue weighted by molar-refractivity contribution is 0.194. The smallest absolute Gasteiger partial charge is 0.201 e. The van der Waals surface area contributed by atoms with Gasteiger partial charge in [-0.1, -0.05) is 72.8 Å². The second kappa shape index (κ2) is 6.67. The zero-order chi connectivity index (χ0) is 18.9. The van der Waals surface area contributed by atoms with Crippen LogP contribution in [0, 0.1) is 0 Å². The molecule has 3 heteroatoms. The van der Waals surface area contributed by atoms with Crippen LogP contribution < -0.4 is 4.74 Å². The van der Waals surface area contributed by atoms with Crippen molar-refractivity contribution in [1.29, 1.82) is 0 Å². The Bertz CT molecular complexity index is 922. The van der Waals surface area contributed by atoms with Crippen LogP contribution in [0.1, 0.15) is 30.5 Å². The average Bonchev–Trinajstić information content (AvgIpc) is 3.04. The number of hydrogen-bond donors (Lipinski definition) is 1. The van der Waals surface area contributed by atoms with Crippen molar-refractivity contribution < 1.29 is 9.84 Å². The minimum Gasteiger partial charge on any atom is -0.471 e. The Morgan fingerprint density at radius 2 is 1.33 bits per heavy atom. The Kier molecular flexibility index (Phi) is 4.33. The molecule has 0 aromatic heterocycles. The van der Waals surface area contributed by atoms with Gasteiger partial charge in [-0.2, -0.15) is 0 Å². The van der Waals surface area contributed by atoms with E-state index in [9.17, 15) is 5.11 Å². The SMILES string of the molecule is CC(C)(CO)N=C1c2ccccc2OC1(c1ccccc1)c1ccccc1. The molecule has 3 aromatic rings. The van der Waals surface area contributed by atoms with E-state index in [1.165, 1.54) is 0 Å². The lowest BCUT2D eigenvalue weighted by atomic mass is 9.80. The highest BCUT2D eigenvalue weighted by molar-refractivity contribution is 6.13. The zero-order valence-corrected chi connectivity index (χ0v) is 15.6. The number of ether oxygens (including phenoxy) is 1. The van der Waals surface area contributed by atoms with Crippen molar-refractivity contribution in [3.8, 4) is 5.75 Å². The number of nitrogens with zero attached hydrogens (tertiary/aromatic N) is 1. The normalized spacial score (nSPS) is 16.8. The predicted molar refractivity (Wildman–Crippen MR) is 108 cm³/mol. The summed E-state index contributed by atoms with van der Waals surface area (Å²) in [5, 5.41) is 9.87. The third-order valence-electron chi connectivity index (χ3n) is 4.90. The summed E-state index contributed by atoms with van der Waals surface area (Å²) in [6.45, 7) is 3.82. The molecule has 3 nitrogen and oxygen atoms in total. The van der Waals surface area contributed by atoms with E-state index >= 15 is 0 Å². The van der Waals surface area contributed by atoms with Gasteiger partial charge in [0, 0.05) is 16.7 Å². The van der Waals surface area contributed by atoms with Crippen molar-refractivity contribution in [1.82, 2.24) is 0 Å². The molecule has 1 aliphatic rings. The molecule has 0 atom stereocenters. The molecule has 3 aromatic carbocycles. The number of rotatable bonds is 4. The summed E-state index contributed by atoms with van der Waals surface area (Å²) < 4.78 is 6.66. The topological polar surface area (TPSA) is 41.8 Å². The van der Waals surface area contributed by atoms with Gasteiger partial charge >= 0.3 is 0 Å². The summed E-state index contributed by atoms with van der Waals surface area (Å²) in [5.41, 5.74) is 2.35. The van der Waals surface area contributed by atoms with Crippen molar-refractivity contribution in [3.05, 3.63) is 102 Å². The molecule has 0 amide bonds. The molecule has 0 fully saturated rings. The van der Waals surface area contributed by atoms with Gasteiger partial charge < -0.3 is 9.84 Å². The van der Waals surface area contributed by atoms with Crippen LogP contribution in [0.2, 0.25) is 0 Å². The number of para-hydroxylation sites is 1. The van der Waals surface area contributed by atoms with Gasteiger partial charge in [0.2, 0.25) is 5.60 Å². The maximum Gasteiger partial charge on any atom is 0.201 e. The van der Waals surface area contributed by atoms with Crippen LogP contribution in [-0.2, 0) is 5.60 Å². The number of aliphatic hydroxyl groups is 1. The van der Waals surface area contributed by atoms with Crippen LogP contribution in [0.15, 0.2) is 89.9 Å². The van der Waals surface area contributed by atoms with E-state index in [2.05, 4.69) is 24.3 Å². The fourth-order valence-electron chi connectivity index (χ4n) is 3.53. The summed E-state index contributed by atoms with van der Waals surface area (Å²) in [6.07, 6.45) is 0. The van der Waals surface area contributed by atoms with Crippen LogP contribution in [-0.4, -0.2) is 23.0 Å². The second-order valence-electron chi connectivity index (χ2n) is 7.44. The van der Waals surface area contributed by atoms with E-state index in [0.717, 1.165) is 28.2 Å². The molecule has 136 valence electrons. The predicted octanol–water partition coefficient (Wildman–Crippen LogP) is 4.58. The van der Waals surface area contributed by atoms with E-state index < -0.39 is 11.1 Å². The Hall–Kier alpha value is -2.91. The largest absolute Gasteiger partial charge is 0.471 e. The maximum absolute atomic E-state index is 9.87. The minimum absolute atomic E-state index is 0.0433. The molecule has 0 aliphatic carbocycles. The second-order valence-corrected chi connectivity index (χ2v) is 7.44. The highest BCUT2D eigenvalue weighted by atomic mass is 16.5. The van der Waals surface area contributed by atoms with Gasteiger partial charge in [-0.3, -0.25) is 4.99 Å². The Morgan fingerprint density at radius 1 is 0.815 bits per heavy atom. The zero-order valence-electron chi connectivity index (χ0n) is 15.6. The maximum atomic E-state index is 9.87. The molecule has 0 radical (unpaired) electrons. The first kappa shape index (κ1) is 17.5. The average molecular weight is 357 g/mol. The number of aliphatic hydroxyl groups excluding tert-OH is 1. The molecule has 0 spiro atoms. The molecule has 0 unspecified atom stereocenters. The van der Waals surface area contributed by atoms with Crippen LogP contribution >= 0.6 is 0 Å². The van der Waals surface area contributed by atoms with E-state index in [0.29, 0.717) is 0 Å². The third kappa shape index (κ3) is 2.94. The summed E-state index contributed by atoms with van der Waals surface area (Å²) in [4.78, 5) is 5.02. The summed E-state index contributed by atoms with van der Waals surface area (Å²) >= 11 is 0. The van der Waals surface area contributed by atoms with Gasteiger partial charge in [0.1, 0.15) is 5.75 Å². The van der Waals surface area contributed by atoms with Crippen LogP contribution in [0.4, 0.5) is 0 Å². The third-order valence-corrected chi connectivity index (χ3v) is 4.90. The fourth-order valence-corrected chi connectivity index (χ4v) is 3.53. The van der Waals surface area contributed by atoms with Gasteiger partial charge in [-0.15, -0.1) is 0 Å². The lowest BCUT2D eigenvalue weighted by Crippen LogP contribution is -2.41. The van der Waals surface area contributed by atoms with Crippen molar-refractivity contribution in [2.75, 3.05) is 6.61 Å². The fraction of sp³-hybridized carbons (Fsp3) is 0.208. The summed E-state index contributed by atoms with van der Waals surface area (Å²) in [6, 6.07) is 28.3. The quantitative estimate of drug-likeness (QED) is 0.742. The van der Waals surface area contributed by atoms with Crippen LogP contribution in [0.3, 0.4) is 0 Å². The van der Waals surface area contributed by atoms with E-state index in [1.807, 2.05) is 74.5 Å². The molecular weight excluding hydrogens is 334 g/mol. The Balaban J connectivity index is 2.06. The van der Waals surface area contributed by atoms with E-state index in [4.69, 9.17) is 9.73 Å². The molecule has 0 bridgehead atoms. The van der Waals surface area contributed by atoms with Crippen molar-refractivity contribution in [2.24, 2.45) is 4.99 Å². The number of hydrogen-bond acceptors (Lipinski definition) is 3. The molecular formula is C24H23NO2. The van der Waals surface area contributed by atoms with E-state index in [-0.39, 0.29) is 6.61 Å². The molecule has 27 heavy (non-hydrogen) atoms. The first-order valence-electron chi connectivity index (χ1n) is 9.17. The van der Waals surface area contributed by atoms with Crippen LogP contribution in [0.5, 0.6) is 5.75 Å². The highest BCUT2D eigenvalue weighted by Gasteiger charge is 2.49. The molecule has 4 rings (SSSR count). The summed E-state index contributed by atoms with van der Waals surface area (Å²) in [5.74, 6) is 0.803. The highest BCUT2D eigenvalue weighted by Crippen LogP contribution is 2.46. The Labute approximate surface area is 160 Å². The number of aliphatic imine (C=N–C) groups is 1. The first-order chi connectivity index (χ1) is 13.1. The summed E-state index contributed by atoms with van der Waals surface area (Å²) in [7, 11) is 0. The Morgan fingerprint density at radius 3 is 1.89 bits per heavy atom. The monoisotopic (exact) mass is 357 g/mol. The van der Waals surface area contributed by atoms with Crippen LogP contribution in [0.25, 0.3) is 0 Å². The van der Waals surface area contributed by atoms with Gasteiger partial charge in [0.15, 0.2) is 0 Å². The standard InChI is InChI=1S/C24H23NO2/c1-23(2,17-26)25-22-20-15-9-10-16-21(20)27-24(22,18-11-5-3-6-12-18)19-13-7-4-8-14-19/h3-16,26H,17H2,1-2H3. The van der Waals surface area contributed by atoms with Crippen molar-refractivity contribution in [3.63, 3.8) is 0 Å². The number of benzene rings is 3. The van der Waals surface area contributed by atoms with Crippen molar-refractivity contribution in [2.45, 2.75) is 25.0 Å². The molecule has 0 saturated carbocycles. The van der Waals surface area contributed by atoms with Crippen molar-refractivity contribution >= 4 is 5.71 Å². The molecule has 1 heterocycles. The van der Waals surface area contributed by atoms with Gasteiger partial charge in [0.25, 0.3) is 0 Å². The van der Waals surface area contributed by atoms with E-state index in [1.54, 1.807) is 0 Å². The van der Waals surface area contributed by atoms with Gasteiger partial charge in [0.05, 0.1) is 17.9 Å². The molecule has 1 aliphatic heterocycles.